The van der Waals surface area contributed by atoms with Crippen molar-refractivity contribution in [2.75, 3.05) is 7.11 Å². The molecule has 0 radical (unpaired) electrons. The van der Waals surface area contributed by atoms with Crippen molar-refractivity contribution in [3.05, 3.63) is 34.9 Å². The van der Waals surface area contributed by atoms with Gasteiger partial charge in [0.25, 0.3) is 0 Å². The molecule has 1 fully saturated rings. The van der Waals surface area contributed by atoms with Gasteiger partial charge in [0, 0.05) is 5.41 Å². The second kappa shape index (κ2) is 5.13. The highest BCUT2D eigenvalue weighted by Gasteiger charge is 2.48. The van der Waals surface area contributed by atoms with Crippen molar-refractivity contribution in [2.24, 2.45) is 11.3 Å². The van der Waals surface area contributed by atoms with Gasteiger partial charge in [0.05, 0.1) is 13.2 Å². The molecule has 2 nitrogen and oxygen atoms in total. The Hall–Kier alpha value is -1.28. The van der Waals surface area contributed by atoms with Crippen LogP contribution in [0.5, 0.6) is 5.75 Å². The number of aliphatic hydroxyl groups excluding tert-OH is 1. The van der Waals surface area contributed by atoms with Gasteiger partial charge in [-0.15, -0.1) is 0 Å². The molecule has 0 amide bonds. The van der Waals surface area contributed by atoms with E-state index >= 15 is 0 Å². The van der Waals surface area contributed by atoms with E-state index in [2.05, 4.69) is 25.1 Å². The van der Waals surface area contributed by atoms with E-state index in [-0.39, 0.29) is 11.5 Å². The standard InChI is InChI=1S/C20H26O2/c1-20-11-10-16-15-9-7-14(22-2)12-13(15)6-8-17(16)18(20)4-3-5-19(20)21/h7,9,12,18-19,21H,3-6,8,10-11H2,1-2H3/t18-,19-,20-/m0/s1. The Kier molecular flexibility index (Phi) is 3.34. The van der Waals surface area contributed by atoms with E-state index in [0.717, 1.165) is 31.4 Å². The minimum absolute atomic E-state index is 0.112. The van der Waals surface area contributed by atoms with Crippen molar-refractivity contribution < 1.29 is 9.84 Å². The predicted molar refractivity (Wildman–Crippen MR) is 88.9 cm³/mol. The molecule has 0 unspecified atom stereocenters. The van der Waals surface area contributed by atoms with Gasteiger partial charge in [-0.3, -0.25) is 0 Å². The Labute approximate surface area is 133 Å². The molecule has 1 saturated carbocycles. The lowest BCUT2D eigenvalue weighted by molar-refractivity contribution is -0.0393. The first-order valence-corrected chi connectivity index (χ1v) is 8.71. The molecule has 3 aliphatic carbocycles. The van der Waals surface area contributed by atoms with Crippen LogP contribution in [-0.2, 0) is 6.42 Å². The maximum atomic E-state index is 10.6. The summed E-state index contributed by atoms with van der Waals surface area (Å²) in [4.78, 5) is 0. The Morgan fingerprint density at radius 3 is 2.86 bits per heavy atom. The molecule has 0 aliphatic heterocycles. The highest BCUT2D eigenvalue weighted by molar-refractivity contribution is 5.75. The summed E-state index contributed by atoms with van der Waals surface area (Å²) in [5, 5.41) is 10.6. The van der Waals surface area contributed by atoms with Gasteiger partial charge in [-0.05, 0) is 73.3 Å². The number of fused-ring (bicyclic) bond motifs is 4. The second-order valence-electron chi connectivity index (χ2n) is 7.53. The number of aliphatic hydroxyl groups is 1. The summed E-state index contributed by atoms with van der Waals surface area (Å²) in [6.07, 6.45) is 7.85. The predicted octanol–water partition coefficient (Wildman–Crippen LogP) is 4.36. The molecule has 0 spiro atoms. The summed E-state index contributed by atoms with van der Waals surface area (Å²) in [6.45, 7) is 2.33. The van der Waals surface area contributed by atoms with Crippen molar-refractivity contribution >= 4 is 5.57 Å². The van der Waals surface area contributed by atoms with Crippen LogP contribution in [0.2, 0.25) is 0 Å². The molecular weight excluding hydrogens is 272 g/mol. The molecule has 0 bridgehead atoms. The van der Waals surface area contributed by atoms with Crippen LogP contribution >= 0.6 is 0 Å². The van der Waals surface area contributed by atoms with Crippen molar-refractivity contribution in [2.45, 2.75) is 58.0 Å². The number of hydrogen-bond donors (Lipinski definition) is 1. The van der Waals surface area contributed by atoms with Crippen molar-refractivity contribution in [3.8, 4) is 5.75 Å². The lowest BCUT2D eigenvalue weighted by Gasteiger charge is -2.51. The van der Waals surface area contributed by atoms with E-state index in [1.807, 2.05) is 0 Å². The molecule has 1 aromatic carbocycles. The Morgan fingerprint density at radius 1 is 1.18 bits per heavy atom. The molecule has 0 saturated heterocycles. The van der Waals surface area contributed by atoms with Gasteiger partial charge in [0.2, 0.25) is 0 Å². The molecule has 1 aromatic rings. The average molecular weight is 298 g/mol. The molecule has 1 N–H and O–H groups in total. The summed E-state index contributed by atoms with van der Waals surface area (Å²) in [7, 11) is 1.74. The molecule has 2 heteroatoms. The van der Waals surface area contributed by atoms with Crippen LogP contribution in [0.15, 0.2) is 23.8 Å². The van der Waals surface area contributed by atoms with Gasteiger partial charge in [0.15, 0.2) is 0 Å². The minimum Gasteiger partial charge on any atom is -0.497 e. The summed E-state index contributed by atoms with van der Waals surface area (Å²) >= 11 is 0. The number of ether oxygens (including phenoxy) is 1. The first kappa shape index (κ1) is 14.3. The molecule has 3 aliphatic rings. The lowest BCUT2D eigenvalue weighted by Crippen LogP contribution is -2.46. The zero-order valence-electron chi connectivity index (χ0n) is 13.7. The molecule has 4 rings (SSSR count). The monoisotopic (exact) mass is 298 g/mol. The quantitative estimate of drug-likeness (QED) is 0.835. The minimum atomic E-state index is -0.113. The number of rotatable bonds is 1. The van der Waals surface area contributed by atoms with Gasteiger partial charge in [-0.25, -0.2) is 0 Å². The maximum Gasteiger partial charge on any atom is 0.119 e. The third-order valence-electron chi connectivity index (χ3n) is 6.55. The molecule has 118 valence electrons. The Bertz CT molecular complexity index is 631. The zero-order valence-corrected chi connectivity index (χ0v) is 13.7. The van der Waals surface area contributed by atoms with Gasteiger partial charge in [-0.2, -0.15) is 0 Å². The molecule has 22 heavy (non-hydrogen) atoms. The van der Waals surface area contributed by atoms with Crippen LogP contribution in [0.4, 0.5) is 0 Å². The molecule has 3 atom stereocenters. The number of methoxy groups -OCH3 is 1. The summed E-state index contributed by atoms with van der Waals surface area (Å²) in [5.41, 5.74) is 6.24. The zero-order chi connectivity index (χ0) is 15.3. The number of benzene rings is 1. The van der Waals surface area contributed by atoms with Crippen LogP contribution < -0.4 is 4.74 Å². The molecular formula is C20H26O2. The molecule has 0 aromatic heterocycles. The third-order valence-corrected chi connectivity index (χ3v) is 6.55. The van der Waals surface area contributed by atoms with Gasteiger partial charge in [-0.1, -0.05) is 25.0 Å². The van der Waals surface area contributed by atoms with E-state index in [4.69, 9.17) is 4.74 Å². The fourth-order valence-corrected chi connectivity index (χ4v) is 5.19. The Balaban J connectivity index is 1.78. The van der Waals surface area contributed by atoms with E-state index in [9.17, 15) is 5.11 Å². The number of aryl methyl sites for hydroxylation is 1. The smallest absolute Gasteiger partial charge is 0.119 e. The summed E-state index contributed by atoms with van der Waals surface area (Å²) in [5.74, 6) is 1.56. The highest BCUT2D eigenvalue weighted by Crippen LogP contribution is 2.56. The lowest BCUT2D eigenvalue weighted by atomic mass is 9.55. The maximum absolute atomic E-state index is 10.6. The summed E-state index contributed by atoms with van der Waals surface area (Å²) in [6, 6.07) is 6.56. The van der Waals surface area contributed by atoms with Crippen LogP contribution in [0.1, 0.15) is 56.6 Å². The van der Waals surface area contributed by atoms with E-state index in [1.165, 1.54) is 30.4 Å². The van der Waals surface area contributed by atoms with Gasteiger partial charge < -0.3 is 9.84 Å². The molecule has 0 heterocycles. The third kappa shape index (κ3) is 1.96. The van der Waals surface area contributed by atoms with Crippen LogP contribution in [0, 0.1) is 11.3 Å². The van der Waals surface area contributed by atoms with Crippen LogP contribution in [-0.4, -0.2) is 18.3 Å². The topological polar surface area (TPSA) is 29.5 Å². The Morgan fingerprint density at radius 2 is 2.05 bits per heavy atom. The average Bonchev–Trinajstić information content (AvgIpc) is 2.55. The highest BCUT2D eigenvalue weighted by atomic mass is 16.5. The van der Waals surface area contributed by atoms with E-state index < -0.39 is 0 Å². The SMILES string of the molecule is COc1ccc2c(c1)CCC1=C2CC[C@]2(C)[C@@H](O)CCC[C@@H]12. The van der Waals surface area contributed by atoms with Gasteiger partial charge >= 0.3 is 0 Å². The van der Waals surface area contributed by atoms with E-state index in [1.54, 1.807) is 18.3 Å². The number of allylic oxidation sites excluding steroid dienone is 2. The van der Waals surface area contributed by atoms with Crippen molar-refractivity contribution in [1.29, 1.82) is 0 Å². The second-order valence-corrected chi connectivity index (χ2v) is 7.53. The van der Waals surface area contributed by atoms with Crippen LogP contribution in [0.25, 0.3) is 5.57 Å². The van der Waals surface area contributed by atoms with Crippen LogP contribution in [0.3, 0.4) is 0 Å². The van der Waals surface area contributed by atoms with Crippen molar-refractivity contribution in [3.63, 3.8) is 0 Å². The number of hydrogen-bond acceptors (Lipinski definition) is 2. The fraction of sp³-hybridized carbons (Fsp3) is 0.600. The van der Waals surface area contributed by atoms with Crippen molar-refractivity contribution in [1.82, 2.24) is 0 Å². The first-order chi connectivity index (χ1) is 10.6. The normalized spacial score (nSPS) is 33.8. The van der Waals surface area contributed by atoms with Gasteiger partial charge in [0.1, 0.15) is 5.75 Å². The summed E-state index contributed by atoms with van der Waals surface area (Å²) < 4.78 is 5.38. The fourth-order valence-electron chi connectivity index (χ4n) is 5.19. The largest absolute Gasteiger partial charge is 0.497 e. The first-order valence-electron chi connectivity index (χ1n) is 8.71. The van der Waals surface area contributed by atoms with E-state index in [0.29, 0.717) is 5.92 Å².